The Morgan fingerprint density at radius 3 is 2.48 bits per heavy atom. The first-order valence-electron chi connectivity index (χ1n) is 7.65. The van der Waals surface area contributed by atoms with E-state index in [0.717, 1.165) is 17.7 Å². The highest BCUT2D eigenvalue weighted by molar-refractivity contribution is 7.89. The molecule has 1 aromatic carbocycles. The second-order valence-corrected chi connectivity index (χ2v) is 8.03. The van der Waals surface area contributed by atoms with E-state index in [1.807, 2.05) is 39.8 Å². The lowest BCUT2D eigenvalue weighted by atomic mass is 10.1. The summed E-state index contributed by atoms with van der Waals surface area (Å²) in [5, 5.41) is 3.44. The zero-order chi connectivity index (χ0) is 15.6. The average Bonchev–Trinajstić information content (AvgIpc) is 3.20. The van der Waals surface area contributed by atoms with Gasteiger partial charge in [-0.2, -0.15) is 0 Å². The van der Waals surface area contributed by atoms with E-state index in [1.165, 1.54) is 12.8 Å². The maximum absolute atomic E-state index is 12.5. The summed E-state index contributed by atoms with van der Waals surface area (Å²) in [6, 6.07) is 6.04. The molecule has 0 saturated heterocycles. The number of benzene rings is 1. The van der Waals surface area contributed by atoms with Gasteiger partial charge < -0.3 is 5.32 Å². The van der Waals surface area contributed by atoms with E-state index in [0.29, 0.717) is 10.9 Å². The van der Waals surface area contributed by atoms with Gasteiger partial charge in [0.25, 0.3) is 0 Å². The van der Waals surface area contributed by atoms with E-state index in [4.69, 9.17) is 0 Å². The van der Waals surface area contributed by atoms with Crippen LogP contribution in [0.25, 0.3) is 0 Å². The molecular weight excluding hydrogens is 284 g/mol. The molecule has 4 nitrogen and oxygen atoms in total. The monoisotopic (exact) mass is 310 g/mol. The van der Waals surface area contributed by atoms with Crippen LogP contribution in [0.1, 0.15) is 44.7 Å². The summed E-state index contributed by atoms with van der Waals surface area (Å²) >= 11 is 0. The molecule has 5 heteroatoms. The molecule has 2 N–H and O–H groups in total. The highest BCUT2D eigenvalue weighted by Gasteiger charge is 2.23. The molecule has 2 rings (SSSR count). The van der Waals surface area contributed by atoms with Crippen molar-refractivity contribution >= 4 is 10.0 Å². The van der Waals surface area contributed by atoms with E-state index in [1.54, 1.807) is 6.07 Å². The Bertz CT molecular complexity index is 592. The van der Waals surface area contributed by atoms with E-state index >= 15 is 0 Å². The smallest absolute Gasteiger partial charge is 0.241 e. The van der Waals surface area contributed by atoms with Crippen LogP contribution in [0, 0.1) is 12.8 Å². The minimum absolute atomic E-state index is 0.0809. The third-order valence-corrected chi connectivity index (χ3v) is 5.89. The second kappa shape index (κ2) is 6.46. The fourth-order valence-corrected chi connectivity index (χ4v) is 3.81. The predicted octanol–water partition coefficient (Wildman–Crippen LogP) is 2.57. The summed E-state index contributed by atoms with van der Waals surface area (Å²) in [6.45, 7) is 8.54. The van der Waals surface area contributed by atoms with E-state index in [-0.39, 0.29) is 12.0 Å². The summed E-state index contributed by atoms with van der Waals surface area (Å²) in [5.74, 6) is 0.264. The maximum Gasteiger partial charge on any atom is 0.241 e. The van der Waals surface area contributed by atoms with E-state index in [9.17, 15) is 8.42 Å². The van der Waals surface area contributed by atoms with Crippen molar-refractivity contribution in [3.63, 3.8) is 0 Å². The molecule has 0 aromatic heterocycles. The van der Waals surface area contributed by atoms with Gasteiger partial charge in [-0.05, 0) is 49.8 Å². The molecule has 1 unspecified atom stereocenters. The first-order valence-corrected chi connectivity index (χ1v) is 9.14. The lowest BCUT2D eigenvalue weighted by molar-refractivity contribution is 0.476. The van der Waals surface area contributed by atoms with Crippen molar-refractivity contribution in [1.29, 1.82) is 0 Å². The molecule has 1 aromatic rings. The topological polar surface area (TPSA) is 58.2 Å². The number of hydrogen-bond acceptors (Lipinski definition) is 3. The highest BCUT2D eigenvalue weighted by atomic mass is 32.2. The predicted molar refractivity (Wildman–Crippen MR) is 85.7 cm³/mol. The van der Waals surface area contributed by atoms with Crippen molar-refractivity contribution in [1.82, 2.24) is 10.0 Å². The van der Waals surface area contributed by atoms with E-state index < -0.39 is 10.0 Å². The van der Waals surface area contributed by atoms with Crippen LogP contribution in [0.5, 0.6) is 0 Å². The summed E-state index contributed by atoms with van der Waals surface area (Å²) in [6.07, 6.45) is 2.45. The minimum Gasteiger partial charge on any atom is -0.310 e. The third kappa shape index (κ3) is 4.28. The molecule has 0 bridgehead atoms. The van der Waals surface area contributed by atoms with Gasteiger partial charge in [-0.3, -0.25) is 0 Å². The summed E-state index contributed by atoms with van der Waals surface area (Å²) < 4.78 is 27.8. The van der Waals surface area contributed by atoms with Crippen molar-refractivity contribution in [2.75, 3.05) is 0 Å². The Labute approximate surface area is 128 Å². The number of nitrogens with one attached hydrogen (secondary N) is 2. The Morgan fingerprint density at radius 2 is 1.90 bits per heavy atom. The SMILES string of the molecule is Cc1c(CNC2CC2)cccc1S(=O)(=O)NC(C)C(C)C. The van der Waals surface area contributed by atoms with Gasteiger partial charge >= 0.3 is 0 Å². The number of hydrogen-bond donors (Lipinski definition) is 2. The third-order valence-electron chi connectivity index (χ3n) is 4.19. The standard InChI is InChI=1S/C16H26N2O2S/c1-11(2)13(4)18-21(19,20)16-7-5-6-14(12(16)3)10-17-15-8-9-15/h5-7,11,13,15,17-18H,8-10H2,1-4H3. The molecule has 1 saturated carbocycles. The van der Waals surface area contributed by atoms with Crippen molar-refractivity contribution in [3.8, 4) is 0 Å². The quantitative estimate of drug-likeness (QED) is 0.814. The lowest BCUT2D eigenvalue weighted by Crippen LogP contribution is -2.36. The number of sulfonamides is 1. The van der Waals surface area contributed by atoms with Gasteiger partial charge in [0.15, 0.2) is 0 Å². The van der Waals surface area contributed by atoms with E-state index in [2.05, 4.69) is 10.0 Å². The Kier molecular flexibility index (Phi) is 5.07. The molecule has 1 aliphatic rings. The lowest BCUT2D eigenvalue weighted by Gasteiger charge is -2.19. The normalized spacial score (nSPS) is 17.2. The summed E-state index contributed by atoms with van der Waals surface area (Å²) in [7, 11) is -3.46. The zero-order valence-corrected chi connectivity index (χ0v) is 14.1. The van der Waals surface area contributed by atoms with Gasteiger partial charge in [0.2, 0.25) is 10.0 Å². The van der Waals surface area contributed by atoms with Crippen LogP contribution < -0.4 is 10.0 Å². The molecule has 118 valence electrons. The fourth-order valence-electron chi connectivity index (χ4n) is 2.13. The highest BCUT2D eigenvalue weighted by Crippen LogP contribution is 2.23. The average molecular weight is 310 g/mol. The van der Waals surface area contributed by atoms with Crippen LogP contribution in [0.15, 0.2) is 23.1 Å². The molecule has 1 aliphatic carbocycles. The molecular formula is C16H26N2O2S. The molecule has 1 atom stereocenters. The maximum atomic E-state index is 12.5. The molecule has 21 heavy (non-hydrogen) atoms. The van der Waals surface area contributed by atoms with Crippen LogP contribution in [0.2, 0.25) is 0 Å². The Balaban J connectivity index is 2.19. The van der Waals surface area contributed by atoms with Crippen molar-refractivity contribution in [2.24, 2.45) is 5.92 Å². The molecule has 0 radical (unpaired) electrons. The van der Waals surface area contributed by atoms with Crippen LogP contribution in [0.4, 0.5) is 0 Å². The van der Waals surface area contributed by atoms with Crippen molar-refractivity contribution in [3.05, 3.63) is 29.3 Å². The van der Waals surface area contributed by atoms with Crippen molar-refractivity contribution in [2.45, 2.75) is 64.1 Å². The molecule has 0 amide bonds. The summed E-state index contributed by atoms with van der Waals surface area (Å²) in [4.78, 5) is 0.394. The molecule has 0 aliphatic heterocycles. The van der Waals surface area contributed by atoms with Gasteiger partial charge in [0.05, 0.1) is 4.90 Å². The van der Waals surface area contributed by atoms with Gasteiger partial charge in [-0.25, -0.2) is 13.1 Å². The number of rotatable bonds is 7. The Morgan fingerprint density at radius 1 is 1.24 bits per heavy atom. The van der Waals surface area contributed by atoms with Gasteiger partial charge in [-0.15, -0.1) is 0 Å². The molecule has 0 heterocycles. The van der Waals surface area contributed by atoms with Crippen LogP contribution in [0.3, 0.4) is 0 Å². The minimum atomic E-state index is -3.46. The fraction of sp³-hybridized carbons (Fsp3) is 0.625. The molecule has 0 spiro atoms. The zero-order valence-electron chi connectivity index (χ0n) is 13.3. The Hall–Kier alpha value is -0.910. The first kappa shape index (κ1) is 16.5. The second-order valence-electron chi connectivity index (χ2n) is 6.35. The summed E-state index contributed by atoms with van der Waals surface area (Å²) in [5.41, 5.74) is 1.90. The molecule has 1 fully saturated rings. The van der Waals surface area contributed by atoms with Gasteiger partial charge in [-0.1, -0.05) is 26.0 Å². The first-order chi connectivity index (χ1) is 9.81. The van der Waals surface area contributed by atoms with Crippen molar-refractivity contribution < 1.29 is 8.42 Å². The van der Waals surface area contributed by atoms with Gasteiger partial charge in [0.1, 0.15) is 0 Å². The van der Waals surface area contributed by atoms with Crippen LogP contribution in [-0.4, -0.2) is 20.5 Å². The largest absolute Gasteiger partial charge is 0.310 e. The van der Waals surface area contributed by atoms with Crippen LogP contribution >= 0.6 is 0 Å². The van der Waals surface area contributed by atoms with Crippen LogP contribution in [-0.2, 0) is 16.6 Å². The van der Waals surface area contributed by atoms with Gasteiger partial charge in [0, 0.05) is 18.6 Å².